The van der Waals surface area contributed by atoms with Crippen molar-refractivity contribution in [2.24, 2.45) is 0 Å². The van der Waals surface area contributed by atoms with Crippen LogP contribution in [0.2, 0.25) is 0 Å². The maximum absolute atomic E-state index is 9.56. The molecular weight excluding hydrogens is 230 g/mol. The van der Waals surface area contributed by atoms with E-state index in [1.807, 2.05) is 18.0 Å². The minimum absolute atomic E-state index is 0.446. The number of aliphatic hydroxyl groups is 2. The van der Waals surface area contributed by atoms with Crippen LogP contribution in [0, 0.1) is 6.92 Å². The van der Waals surface area contributed by atoms with E-state index in [0.717, 1.165) is 30.0 Å². The fourth-order valence-corrected chi connectivity index (χ4v) is 2.27. The summed E-state index contributed by atoms with van der Waals surface area (Å²) in [5.41, 5.74) is 2.23. The summed E-state index contributed by atoms with van der Waals surface area (Å²) in [7, 11) is 0. The van der Waals surface area contributed by atoms with Gasteiger partial charge < -0.3 is 20.4 Å². The van der Waals surface area contributed by atoms with Gasteiger partial charge in [-0.3, -0.25) is 0 Å². The summed E-state index contributed by atoms with van der Waals surface area (Å²) >= 11 is 0. The van der Waals surface area contributed by atoms with Crippen LogP contribution in [-0.4, -0.2) is 47.0 Å². The van der Waals surface area contributed by atoms with Crippen LogP contribution in [-0.2, 0) is 6.54 Å². The van der Waals surface area contributed by atoms with Gasteiger partial charge in [0.15, 0.2) is 0 Å². The van der Waals surface area contributed by atoms with Crippen LogP contribution in [0.5, 0.6) is 0 Å². The average Bonchev–Trinajstić information content (AvgIpc) is 2.67. The van der Waals surface area contributed by atoms with Crippen LogP contribution < -0.4 is 10.2 Å². The molecule has 1 aliphatic rings. The van der Waals surface area contributed by atoms with E-state index in [9.17, 15) is 10.2 Å². The number of aryl methyl sites for hydroxylation is 1. The molecule has 100 valence electrons. The lowest BCUT2D eigenvalue weighted by Gasteiger charge is -2.19. The fraction of sp³-hybridized carbons (Fsp3) is 0.615. The summed E-state index contributed by atoms with van der Waals surface area (Å²) < 4.78 is 0. The lowest BCUT2D eigenvalue weighted by atomic mass is 10.2. The molecule has 0 aliphatic carbocycles. The quantitative estimate of drug-likeness (QED) is 0.705. The topological polar surface area (TPSA) is 68.6 Å². The third kappa shape index (κ3) is 2.80. The number of hydrogen-bond acceptors (Lipinski definition) is 5. The standard InChI is InChI=1S/C13H21N3O2/c1-3-14-5-10-4-9(2)13(15-6-10)16-7-11(17)12(18)8-16/h4,6,11-12,14,17-18H,3,5,7-8H2,1-2H3. The van der Waals surface area contributed by atoms with E-state index < -0.39 is 12.2 Å². The highest BCUT2D eigenvalue weighted by molar-refractivity contribution is 5.48. The Bertz CT molecular complexity index is 401. The monoisotopic (exact) mass is 251 g/mol. The molecule has 1 aliphatic heterocycles. The second kappa shape index (κ2) is 5.65. The zero-order valence-corrected chi connectivity index (χ0v) is 10.9. The van der Waals surface area contributed by atoms with Gasteiger partial charge in [-0.1, -0.05) is 6.92 Å². The van der Waals surface area contributed by atoms with Crippen molar-refractivity contribution in [3.8, 4) is 0 Å². The number of hydrogen-bond donors (Lipinski definition) is 3. The molecule has 3 N–H and O–H groups in total. The van der Waals surface area contributed by atoms with E-state index in [1.54, 1.807) is 0 Å². The third-order valence-electron chi connectivity index (χ3n) is 3.24. The first kappa shape index (κ1) is 13.3. The lowest BCUT2D eigenvalue weighted by Crippen LogP contribution is -2.23. The Balaban J connectivity index is 2.10. The Kier molecular flexibility index (Phi) is 4.16. The summed E-state index contributed by atoms with van der Waals surface area (Å²) in [4.78, 5) is 6.38. The molecule has 0 saturated carbocycles. The molecule has 18 heavy (non-hydrogen) atoms. The average molecular weight is 251 g/mol. The zero-order valence-electron chi connectivity index (χ0n) is 10.9. The Hall–Kier alpha value is -1.17. The van der Waals surface area contributed by atoms with Gasteiger partial charge in [0.05, 0.1) is 12.2 Å². The molecule has 5 nitrogen and oxygen atoms in total. The second-order valence-electron chi connectivity index (χ2n) is 4.80. The molecule has 1 aromatic rings. The van der Waals surface area contributed by atoms with E-state index in [2.05, 4.69) is 23.3 Å². The fourth-order valence-electron chi connectivity index (χ4n) is 2.27. The molecule has 2 unspecified atom stereocenters. The minimum Gasteiger partial charge on any atom is -0.389 e. The highest BCUT2D eigenvalue weighted by Crippen LogP contribution is 2.22. The summed E-state index contributed by atoms with van der Waals surface area (Å²) in [6.45, 7) is 6.72. The van der Waals surface area contributed by atoms with E-state index in [4.69, 9.17) is 0 Å². The first-order valence-electron chi connectivity index (χ1n) is 6.39. The van der Waals surface area contributed by atoms with Gasteiger partial charge in [-0.25, -0.2) is 4.98 Å². The first-order valence-corrected chi connectivity index (χ1v) is 6.39. The largest absolute Gasteiger partial charge is 0.389 e. The molecule has 2 rings (SSSR count). The molecule has 1 saturated heterocycles. The SMILES string of the molecule is CCNCc1cnc(N2CC(O)C(O)C2)c(C)c1. The second-order valence-corrected chi connectivity index (χ2v) is 4.80. The number of pyridine rings is 1. The van der Waals surface area contributed by atoms with E-state index in [-0.39, 0.29) is 0 Å². The number of nitrogens with zero attached hydrogens (tertiary/aromatic N) is 2. The van der Waals surface area contributed by atoms with Gasteiger partial charge in [-0.05, 0) is 30.7 Å². The molecule has 0 bridgehead atoms. The Labute approximate surface area is 107 Å². The lowest BCUT2D eigenvalue weighted by molar-refractivity contribution is 0.0572. The maximum Gasteiger partial charge on any atom is 0.131 e. The molecule has 2 heterocycles. The van der Waals surface area contributed by atoms with Crippen molar-refractivity contribution in [1.82, 2.24) is 10.3 Å². The van der Waals surface area contributed by atoms with E-state index in [0.29, 0.717) is 13.1 Å². The summed E-state index contributed by atoms with van der Waals surface area (Å²) in [6, 6.07) is 2.10. The highest BCUT2D eigenvalue weighted by Gasteiger charge is 2.30. The van der Waals surface area contributed by atoms with Crippen LogP contribution in [0.4, 0.5) is 5.82 Å². The van der Waals surface area contributed by atoms with Crippen molar-refractivity contribution >= 4 is 5.82 Å². The first-order chi connectivity index (χ1) is 8.61. The number of aromatic nitrogens is 1. The van der Waals surface area contributed by atoms with Gasteiger partial charge in [0.1, 0.15) is 5.82 Å². The molecule has 5 heteroatoms. The maximum atomic E-state index is 9.56. The van der Waals surface area contributed by atoms with Crippen LogP contribution in [0.25, 0.3) is 0 Å². The number of rotatable bonds is 4. The van der Waals surface area contributed by atoms with Crippen molar-refractivity contribution in [1.29, 1.82) is 0 Å². The minimum atomic E-state index is -0.673. The number of aliphatic hydroxyl groups excluding tert-OH is 2. The molecule has 0 amide bonds. The van der Waals surface area contributed by atoms with Crippen molar-refractivity contribution in [3.05, 3.63) is 23.4 Å². The highest BCUT2D eigenvalue weighted by atomic mass is 16.3. The summed E-state index contributed by atoms with van der Waals surface area (Å²) in [5.74, 6) is 0.853. The van der Waals surface area contributed by atoms with Crippen LogP contribution in [0.3, 0.4) is 0 Å². The number of anilines is 1. The smallest absolute Gasteiger partial charge is 0.131 e. The van der Waals surface area contributed by atoms with Gasteiger partial charge in [0.25, 0.3) is 0 Å². The summed E-state index contributed by atoms with van der Waals surface area (Å²) in [6.07, 6.45) is 0.502. The molecule has 0 radical (unpaired) electrons. The van der Waals surface area contributed by atoms with Gasteiger partial charge >= 0.3 is 0 Å². The molecular formula is C13H21N3O2. The van der Waals surface area contributed by atoms with E-state index in [1.165, 1.54) is 0 Å². The number of β-amino-alcohol motifs (C(OH)–C–C–N with tert-alkyl or cyclic N) is 2. The zero-order chi connectivity index (χ0) is 13.1. The van der Waals surface area contributed by atoms with Gasteiger partial charge in [-0.2, -0.15) is 0 Å². The predicted octanol–water partition coefficient (Wildman–Crippen LogP) is 0.0413. The Morgan fingerprint density at radius 3 is 2.61 bits per heavy atom. The predicted molar refractivity (Wildman–Crippen MR) is 70.6 cm³/mol. The van der Waals surface area contributed by atoms with Gasteiger partial charge in [0, 0.05) is 25.8 Å². The number of nitrogens with one attached hydrogen (secondary N) is 1. The van der Waals surface area contributed by atoms with Gasteiger partial charge in [0.2, 0.25) is 0 Å². The van der Waals surface area contributed by atoms with Crippen LogP contribution in [0.15, 0.2) is 12.3 Å². The Morgan fingerprint density at radius 1 is 1.39 bits per heavy atom. The molecule has 0 aromatic carbocycles. The Morgan fingerprint density at radius 2 is 2.06 bits per heavy atom. The summed E-state index contributed by atoms with van der Waals surface area (Å²) in [5, 5.41) is 22.4. The van der Waals surface area contributed by atoms with Crippen LogP contribution >= 0.6 is 0 Å². The van der Waals surface area contributed by atoms with Gasteiger partial charge in [-0.15, -0.1) is 0 Å². The van der Waals surface area contributed by atoms with E-state index >= 15 is 0 Å². The van der Waals surface area contributed by atoms with Crippen molar-refractivity contribution < 1.29 is 10.2 Å². The normalized spacial score (nSPS) is 23.7. The van der Waals surface area contributed by atoms with Crippen molar-refractivity contribution in [2.75, 3.05) is 24.5 Å². The van der Waals surface area contributed by atoms with Crippen molar-refractivity contribution in [2.45, 2.75) is 32.6 Å². The molecule has 0 spiro atoms. The molecule has 1 fully saturated rings. The third-order valence-corrected chi connectivity index (χ3v) is 3.24. The van der Waals surface area contributed by atoms with Crippen LogP contribution in [0.1, 0.15) is 18.1 Å². The molecule has 2 atom stereocenters. The van der Waals surface area contributed by atoms with Crippen molar-refractivity contribution in [3.63, 3.8) is 0 Å². The molecule has 1 aromatic heterocycles.